The quantitative estimate of drug-likeness (QED) is 0.834. The molecule has 1 aliphatic heterocycles. The normalized spacial score (nSPS) is 20.4. The van der Waals surface area contributed by atoms with Crippen molar-refractivity contribution in [2.24, 2.45) is 11.5 Å². The van der Waals surface area contributed by atoms with Crippen LogP contribution in [0.1, 0.15) is 24.8 Å². The van der Waals surface area contributed by atoms with Gasteiger partial charge >= 0.3 is 0 Å². The maximum atomic E-state index is 13.4. The van der Waals surface area contributed by atoms with Crippen molar-refractivity contribution < 1.29 is 17.6 Å². The van der Waals surface area contributed by atoms with Crippen LogP contribution >= 0.6 is 0 Å². The first-order valence-corrected chi connectivity index (χ1v) is 8.11. The molecular formula is C13H18FN3O3S. The van der Waals surface area contributed by atoms with Gasteiger partial charge in [0.05, 0.1) is 4.90 Å². The molecule has 2 rings (SSSR count). The summed E-state index contributed by atoms with van der Waals surface area (Å²) in [4.78, 5) is 11.4. The second kappa shape index (κ2) is 6.08. The number of hydrogen-bond acceptors (Lipinski definition) is 4. The third-order valence-electron chi connectivity index (χ3n) is 3.63. The van der Waals surface area contributed by atoms with Crippen molar-refractivity contribution in [3.05, 3.63) is 29.6 Å². The van der Waals surface area contributed by atoms with Crippen LogP contribution in [-0.4, -0.2) is 31.2 Å². The van der Waals surface area contributed by atoms with Crippen LogP contribution in [0.3, 0.4) is 0 Å². The molecule has 6 nitrogen and oxygen atoms in total. The Morgan fingerprint density at radius 3 is 2.71 bits per heavy atom. The SMILES string of the molecule is NCc1cc(S(=O)(=O)N2CCCCC2C(N)=O)ccc1F. The Morgan fingerprint density at radius 1 is 1.38 bits per heavy atom. The maximum absolute atomic E-state index is 13.4. The van der Waals surface area contributed by atoms with Gasteiger partial charge in [-0.15, -0.1) is 0 Å². The minimum Gasteiger partial charge on any atom is -0.368 e. The van der Waals surface area contributed by atoms with Crippen molar-refractivity contribution >= 4 is 15.9 Å². The second-order valence-electron chi connectivity index (χ2n) is 4.99. The number of hydrogen-bond donors (Lipinski definition) is 2. The number of primary amides is 1. The highest BCUT2D eigenvalue weighted by molar-refractivity contribution is 7.89. The van der Waals surface area contributed by atoms with Gasteiger partial charge in [0.1, 0.15) is 11.9 Å². The first-order chi connectivity index (χ1) is 9.87. The minimum atomic E-state index is -3.90. The van der Waals surface area contributed by atoms with Crippen LogP contribution < -0.4 is 11.5 Å². The minimum absolute atomic E-state index is 0.0718. The van der Waals surface area contributed by atoms with E-state index in [1.807, 2.05) is 0 Å². The molecule has 0 saturated carbocycles. The Labute approximate surface area is 123 Å². The van der Waals surface area contributed by atoms with Crippen molar-refractivity contribution in [1.29, 1.82) is 0 Å². The Morgan fingerprint density at radius 2 is 2.10 bits per heavy atom. The molecule has 1 fully saturated rings. The van der Waals surface area contributed by atoms with E-state index in [-0.39, 0.29) is 23.5 Å². The van der Waals surface area contributed by atoms with Gasteiger partial charge in [-0.1, -0.05) is 6.42 Å². The summed E-state index contributed by atoms with van der Waals surface area (Å²) in [5, 5.41) is 0. The highest BCUT2D eigenvalue weighted by Gasteiger charge is 2.36. The second-order valence-corrected chi connectivity index (χ2v) is 6.88. The number of piperidine rings is 1. The zero-order valence-corrected chi connectivity index (χ0v) is 12.3. The van der Waals surface area contributed by atoms with E-state index in [0.717, 1.165) is 16.8 Å². The number of carbonyl (C=O) groups is 1. The average Bonchev–Trinajstić information content (AvgIpc) is 2.47. The standard InChI is InChI=1S/C13H18FN3O3S/c14-11-5-4-10(7-9(11)8-15)21(19,20)17-6-2-1-3-12(17)13(16)18/h4-5,7,12H,1-3,6,8,15H2,(H2,16,18). The molecule has 1 aliphatic rings. The summed E-state index contributed by atoms with van der Waals surface area (Å²) in [5.74, 6) is -1.22. The fraction of sp³-hybridized carbons (Fsp3) is 0.462. The maximum Gasteiger partial charge on any atom is 0.243 e. The molecule has 1 aromatic carbocycles. The molecule has 8 heteroatoms. The first-order valence-electron chi connectivity index (χ1n) is 6.67. The molecule has 1 unspecified atom stereocenters. The van der Waals surface area contributed by atoms with Crippen LogP contribution in [0.15, 0.2) is 23.1 Å². The molecule has 116 valence electrons. The lowest BCUT2D eigenvalue weighted by Gasteiger charge is -2.32. The summed E-state index contributed by atoms with van der Waals surface area (Å²) in [6, 6.07) is 2.60. The molecule has 0 radical (unpaired) electrons. The van der Waals surface area contributed by atoms with Crippen molar-refractivity contribution in [1.82, 2.24) is 4.31 Å². The zero-order chi connectivity index (χ0) is 15.6. The van der Waals surface area contributed by atoms with Gasteiger partial charge in [0.15, 0.2) is 0 Å². The number of carbonyl (C=O) groups excluding carboxylic acids is 1. The molecule has 21 heavy (non-hydrogen) atoms. The summed E-state index contributed by atoms with van der Waals surface area (Å²) in [5.41, 5.74) is 10.8. The van der Waals surface area contributed by atoms with E-state index in [1.54, 1.807) is 0 Å². The lowest BCUT2D eigenvalue weighted by Crippen LogP contribution is -2.50. The molecule has 0 bridgehead atoms. The Hall–Kier alpha value is -1.51. The third kappa shape index (κ3) is 3.07. The Bertz CT molecular complexity index is 648. The molecule has 1 aromatic rings. The van der Waals surface area contributed by atoms with E-state index in [1.165, 1.54) is 12.1 Å². The molecule has 0 spiro atoms. The number of benzene rings is 1. The van der Waals surface area contributed by atoms with E-state index < -0.39 is 27.8 Å². The highest BCUT2D eigenvalue weighted by Crippen LogP contribution is 2.26. The zero-order valence-electron chi connectivity index (χ0n) is 11.5. The van der Waals surface area contributed by atoms with Gasteiger partial charge in [0, 0.05) is 18.7 Å². The van der Waals surface area contributed by atoms with E-state index in [9.17, 15) is 17.6 Å². The van der Waals surface area contributed by atoms with Gasteiger partial charge in [-0.3, -0.25) is 4.79 Å². The van der Waals surface area contributed by atoms with Crippen molar-refractivity contribution in [3.8, 4) is 0 Å². The van der Waals surface area contributed by atoms with E-state index in [4.69, 9.17) is 11.5 Å². The van der Waals surface area contributed by atoms with Crippen molar-refractivity contribution in [2.75, 3.05) is 6.54 Å². The van der Waals surface area contributed by atoms with Crippen LogP contribution in [0.5, 0.6) is 0 Å². The van der Waals surface area contributed by atoms with Gasteiger partial charge in [-0.05, 0) is 31.0 Å². The predicted molar refractivity (Wildman–Crippen MR) is 75.0 cm³/mol. The molecule has 1 amide bonds. The topological polar surface area (TPSA) is 106 Å². The molecule has 0 aliphatic carbocycles. The first kappa shape index (κ1) is 15.9. The predicted octanol–water partition coefficient (Wildman–Crippen LogP) is 0.313. The summed E-state index contributed by atoms with van der Waals surface area (Å²) < 4.78 is 39.8. The lowest BCUT2D eigenvalue weighted by molar-refractivity contribution is -0.122. The number of nitrogens with zero attached hydrogens (tertiary/aromatic N) is 1. The van der Waals surface area contributed by atoms with Gasteiger partial charge < -0.3 is 11.5 Å². The average molecular weight is 315 g/mol. The van der Waals surface area contributed by atoms with Crippen LogP contribution in [-0.2, 0) is 21.4 Å². The molecule has 1 heterocycles. The lowest BCUT2D eigenvalue weighted by atomic mass is 10.0. The van der Waals surface area contributed by atoms with Gasteiger partial charge in [-0.2, -0.15) is 4.31 Å². The number of nitrogens with two attached hydrogens (primary N) is 2. The van der Waals surface area contributed by atoms with E-state index >= 15 is 0 Å². The van der Waals surface area contributed by atoms with Gasteiger partial charge in [0.25, 0.3) is 0 Å². The smallest absolute Gasteiger partial charge is 0.243 e. The van der Waals surface area contributed by atoms with E-state index in [0.29, 0.717) is 12.8 Å². The number of amides is 1. The molecule has 1 atom stereocenters. The Balaban J connectivity index is 2.42. The Kier molecular flexibility index (Phi) is 4.60. The van der Waals surface area contributed by atoms with Crippen molar-refractivity contribution in [2.45, 2.75) is 36.7 Å². The number of rotatable bonds is 4. The molecule has 1 saturated heterocycles. The number of sulfonamides is 1. The van der Waals surface area contributed by atoms with Crippen LogP contribution in [0.25, 0.3) is 0 Å². The number of halogens is 1. The van der Waals surface area contributed by atoms with Crippen molar-refractivity contribution in [3.63, 3.8) is 0 Å². The van der Waals surface area contributed by atoms with Crippen LogP contribution in [0.4, 0.5) is 4.39 Å². The summed E-state index contributed by atoms with van der Waals surface area (Å²) in [6.07, 6.45) is 1.81. The van der Waals surface area contributed by atoms with Crippen LogP contribution in [0, 0.1) is 5.82 Å². The van der Waals surface area contributed by atoms with Gasteiger partial charge in [0.2, 0.25) is 15.9 Å². The third-order valence-corrected chi connectivity index (χ3v) is 5.53. The molecular weight excluding hydrogens is 297 g/mol. The van der Waals surface area contributed by atoms with E-state index in [2.05, 4.69) is 0 Å². The fourth-order valence-corrected chi connectivity index (χ4v) is 4.20. The fourth-order valence-electron chi connectivity index (χ4n) is 2.48. The summed E-state index contributed by atoms with van der Waals surface area (Å²) in [7, 11) is -3.90. The molecule has 4 N–H and O–H groups in total. The monoisotopic (exact) mass is 315 g/mol. The largest absolute Gasteiger partial charge is 0.368 e. The van der Waals surface area contributed by atoms with Crippen LogP contribution in [0.2, 0.25) is 0 Å². The van der Waals surface area contributed by atoms with Gasteiger partial charge in [-0.25, -0.2) is 12.8 Å². The highest BCUT2D eigenvalue weighted by atomic mass is 32.2. The summed E-state index contributed by atoms with van der Waals surface area (Å²) in [6.45, 7) is 0.125. The molecule has 0 aromatic heterocycles. The summed E-state index contributed by atoms with van der Waals surface area (Å²) >= 11 is 0.